The molecule has 0 radical (unpaired) electrons. The number of nitrogens with two attached hydrogens (primary N) is 1. The van der Waals surface area contributed by atoms with Crippen molar-refractivity contribution in [2.45, 2.75) is 24.3 Å². The third-order valence-electron chi connectivity index (χ3n) is 3.89. The molecule has 1 aliphatic heterocycles. The molecule has 128 valence electrons. The molecular formula is C13H20ClN5O3S. The number of aromatic nitrogens is 3. The molecule has 0 spiro atoms. The smallest absolute Gasteiger partial charge is 0.151 e. The molecule has 0 aliphatic carbocycles. The molecule has 0 saturated carbocycles. The molecule has 23 heavy (non-hydrogen) atoms. The van der Waals surface area contributed by atoms with Gasteiger partial charge in [-0.2, -0.15) is 11.8 Å². The van der Waals surface area contributed by atoms with Crippen molar-refractivity contribution in [2.75, 3.05) is 23.8 Å². The maximum atomic E-state index is 10.3. The van der Waals surface area contributed by atoms with Crippen LogP contribution in [0.2, 0.25) is 0 Å². The number of hydrogen-bond donors (Lipinski definition) is 6. The monoisotopic (exact) mass is 361 g/mol. The highest BCUT2D eigenvalue weighted by Gasteiger charge is 2.42. The van der Waals surface area contributed by atoms with Gasteiger partial charge < -0.3 is 31.4 Å². The van der Waals surface area contributed by atoms with Crippen molar-refractivity contribution in [1.82, 2.24) is 20.3 Å². The average molecular weight is 362 g/mol. The predicted octanol–water partition coefficient (Wildman–Crippen LogP) is -0.578. The van der Waals surface area contributed by atoms with Crippen molar-refractivity contribution in [2.24, 2.45) is 0 Å². The molecule has 4 atom stereocenters. The molecule has 1 saturated heterocycles. The summed E-state index contributed by atoms with van der Waals surface area (Å²) in [5.41, 5.74) is 7.81. The summed E-state index contributed by atoms with van der Waals surface area (Å²) in [6.07, 6.45) is 1.30. The van der Waals surface area contributed by atoms with Gasteiger partial charge in [-0.3, -0.25) is 0 Å². The van der Waals surface area contributed by atoms with Crippen LogP contribution in [-0.2, 0) is 0 Å². The first kappa shape index (κ1) is 18.2. The topological polar surface area (TPSA) is 140 Å². The second-order valence-electron chi connectivity index (χ2n) is 5.26. The quantitative estimate of drug-likeness (QED) is 0.389. The first-order chi connectivity index (χ1) is 10.6. The molecule has 3 rings (SSSR count). The van der Waals surface area contributed by atoms with Crippen LogP contribution in [0.5, 0.6) is 0 Å². The number of hydrogen-bond acceptors (Lipinski definition) is 8. The van der Waals surface area contributed by atoms with E-state index in [0.29, 0.717) is 28.4 Å². The Hall–Kier alpha value is -1.10. The summed E-state index contributed by atoms with van der Waals surface area (Å²) >= 11 is 1.52. The number of fused-ring (bicyclic) bond motifs is 1. The van der Waals surface area contributed by atoms with E-state index in [2.05, 4.69) is 20.3 Å². The minimum atomic E-state index is -0.935. The fraction of sp³-hybridized carbons (Fsp3) is 0.538. The van der Waals surface area contributed by atoms with Crippen molar-refractivity contribution in [1.29, 1.82) is 0 Å². The number of aliphatic hydroxyl groups is 3. The van der Waals surface area contributed by atoms with E-state index in [0.717, 1.165) is 5.56 Å². The van der Waals surface area contributed by atoms with Gasteiger partial charge in [0.2, 0.25) is 0 Å². The van der Waals surface area contributed by atoms with Crippen LogP contribution in [0.1, 0.15) is 11.6 Å². The van der Waals surface area contributed by atoms with Gasteiger partial charge in [0.1, 0.15) is 17.9 Å². The van der Waals surface area contributed by atoms with Gasteiger partial charge in [-0.25, -0.2) is 9.97 Å². The Kier molecular flexibility index (Phi) is 6.06. The second-order valence-corrected chi connectivity index (χ2v) is 6.41. The minimum Gasteiger partial charge on any atom is -0.396 e. The maximum Gasteiger partial charge on any atom is 0.151 e. The molecule has 1 aliphatic rings. The fourth-order valence-corrected chi connectivity index (χ4v) is 3.62. The molecule has 0 aromatic carbocycles. The van der Waals surface area contributed by atoms with Gasteiger partial charge in [-0.05, 0) is 0 Å². The van der Waals surface area contributed by atoms with Gasteiger partial charge >= 0.3 is 0 Å². The molecular weight excluding hydrogens is 342 g/mol. The van der Waals surface area contributed by atoms with Crippen molar-refractivity contribution in [3.05, 3.63) is 18.1 Å². The number of nitrogens with one attached hydrogen (secondary N) is 2. The Bertz CT molecular complexity index is 658. The predicted molar refractivity (Wildman–Crippen MR) is 91.6 cm³/mol. The molecule has 10 heteroatoms. The summed E-state index contributed by atoms with van der Waals surface area (Å²) in [5, 5.41) is 32.6. The highest BCUT2D eigenvalue weighted by Crippen LogP contribution is 2.33. The Morgan fingerprint density at radius 3 is 2.78 bits per heavy atom. The molecule has 2 aromatic rings. The summed E-state index contributed by atoms with van der Waals surface area (Å²) in [7, 11) is 0. The van der Waals surface area contributed by atoms with Crippen LogP contribution in [0, 0.1) is 0 Å². The van der Waals surface area contributed by atoms with Gasteiger partial charge in [0, 0.05) is 29.3 Å². The van der Waals surface area contributed by atoms with Gasteiger partial charge in [-0.1, -0.05) is 0 Å². The lowest BCUT2D eigenvalue weighted by Gasteiger charge is -2.14. The van der Waals surface area contributed by atoms with Crippen LogP contribution in [-0.4, -0.2) is 66.6 Å². The van der Waals surface area contributed by atoms with E-state index in [1.807, 2.05) is 0 Å². The first-order valence-corrected chi connectivity index (χ1v) is 8.17. The zero-order chi connectivity index (χ0) is 15.7. The third-order valence-corrected chi connectivity index (χ3v) is 4.95. The van der Waals surface area contributed by atoms with E-state index in [1.165, 1.54) is 18.1 Å². The van der Waals surface area contributed by atoms with Crippen LogP contribution < -0.4 is 11.1 Å². The number of halogens is 1. The summed E-state index contributed by atoms with van der Waals surface area (Å²) in [6.45, 7) is 0.0953. The van der Waals surface area contributed by atoms with E-state index in [4.69, 9.17) is 10.8 Å². The first-order valence-electron chi connectivity index (χ1n) is 7.01. The van der Waals surface area contributed by atoms with E-state index in [9.17, 15) is 10.2 Å². The van der Waals surface area contributed by atoms with Crippen LogP contribution >= 0.6 is 24.2 Å². The van der Waals surface area contributed by atoms with Crippen molar-refractivity contribution >= 4 is 41.0 Å². The Labute approximate surface area is 143 Å². The largest absolute Gasteiger partial charge is 0.396 e. The van der Waals surface area contributed by atoms with Gasteiger partial charge in [0.15, 0.2) is 5.82 Å². The Balaban J connectivity index is 0.00000192. The average Bonchev–Trinajstić information content (AvgIpc) is 3.05. The fourth-order valence-electron chi connectivity index (χ4n) is 2.77. The summed E-state index contributed by atoms with van der Waals surface area (Å²) in [5.74, 6) is 1.55. The van der Waals surface area contributed by atoms with Crippen LogP contribution in [0.3, 0.4) is 0 Å². The number of rotatable bonds is 5. The van der Waals surface area contributed by atoms with Crippen LogP contribution in [0.25, 0.3) is 11.0 Å². The lowest BCUT2D eigenvalue weighted by Crippen LogP contribution is -2.35. The Morgan fingerprint density at radius 2 is 2.04 bits per heavy atom. The van der Waals surface area contributed by atoms with Gasteiger partial charge in [0.25, 0.3) is 0 Å². The lowest BCUT2D eigenvalue weighted by molar-refractivity contribution is 0.0308. The van der Waals surface area contributed by atoms with Crippen molar-refractivity contribution in [3.63, 3.8) is 0 Å². The van der Waals surface area contributed by atoms with E-state index in [-0.39, 0.29) is 25.1 Å². The SMILES string of the molecule is Cl.Nc1ncnc2c(C3NC(CSCCO)C(O)C3O)c[nH]c12. The Morgan fingerprint density at radius 1 is 1.26 bits per heavy atom. The number of nitrogen functional groups attached to an aromatic ring is 1. The molecule has 0 amide bonds. The van der Waals surface area contributed by atoms with Crippen molar-refractivity contribution in [3.8, 4) is 0 Å². The molecule has 2 aromatic heterocycles. The minimum absolute atomic E-state index is 0. The van der Waals surface area contributed by atoms with Crippen LogP contribution in [0.15, 0.2) is 12.5 Å². The molecule has 7 N–H and O–H groups in total. The van der Waals surface area contributed by atoms with E-state index >= 15 is 0 Å². The zero-order valence-corrected chi connectivity index (χ0v) is 13.8. The number of anilines is 1. The second kappa shape index (κ2) is 7.65. The summed E-state index contributed by atoms with van der Waals surface area (Å²) in [4.78, 5) is 11.2. The summed E-state index contributed by atoms with van der Waals surface area (Å²) in [6, 6.07) is -0.682. The number of aromatic amines is 1. The molecule has 1 fully saturated rings. The molecule has 4 unspecified atom stereocenters. The zero-order valence-electron chi connectivity index (χ0n) is 12.2. The van der Waals surface area contributed by atoms with Gasteiger partial charge in [-0.15, -0.1) is 12.4 Å². The van der Waals surface area contributed by atoms with E-state index < -0.39 is 18.2 Å². The van der Waals surface area contributed by atoms with Gasteiger partial charge in [0.05, 0.1) is 24.3 Å². The highest BCUT2D eigenvalue weighted by atomic mass is 35.5. The molecule has 8 nitrogen and oxygen atoms in total. The standard InChI is InChI=1S/C13H19N5O3S.ClH/c14-13-10-8(16-5-17-13)6(3-15-10)9-12(21)11(20)7(18-9)4-22-2-1-19;/h3,5,7,9,11-12,15,18-21H,1-2,4H2,(H2,14,16,17);1H. The van der Waals surface area contributed by atoms with Crippen molar-refractivity contribution < 1.29 is 15.3 Å². The number of nitrogens with zero attached hydrogens (tertiary/aromatic N) is 2. The molecule has 0 bridgehead atoms. The number of thioether (sulfide) groups is 1. The normalized spacial score (nSPS) is 27.3. The summed E-state index contributed by atoms with van der Waals surface area (Å²) < 4.78 is 0. The lowest BCUT2D eigenvalue weighted by atomic mass is 10.0. The third kappa shape index (κ3) is 3.39. The number of aliphatic hydroxyl groups excluding tert-OH is 3. The number of H-pyrrole nitrogens is 1. The molecule has 3 heterocycles. The maximum absolute atomic E-state index is 10.3. The van der Waals surface area contributed by atoms with E-state index in [1.54, 1.807) is 6.20 Å². The highest BCUT2D eigenvalue weighted by molar-refractivity contribution is 7.99. The van der Waals surface area contributed by atoms with Crippen LogP contribution in [0.4, 0.5) is 5.82 Å².